The third-order valence-electron chi connectivity index (χ3n) is 7.31. The van der Waals surface area contributed by atoms with E-state index in [2.05, 4.69) is 16.9 Å². The molecule has 5 heterocycles. The van der Waals surface area contributed by atoms with Crippen molar-refractivity contribution in [1.29, 1.82) is 0 Å². The second-order valence-electron chi connectivity index (χ2n) is 10.1. The number of nitrogens with zero attached hydrogens (tertiary/aromatic N) is 6. The van der Waals surface area contributed by atoms with Crippen molar-refractivity contribution in [3.05, 3.63) is 60.7 Å². The maximum Gasteiger partial charge on any atom is 0.150 e. The molecule has 2 saturated heterocycles. The standard InChI is InChI=1S/C28H33FN6O3S/c1-19-18-37-16-14-34(19)25-17-23(33-39(2,36)21-8-6-20(29)7-9-21)22-10-12-30-28(27(22)32-25)24-11-13-31-35(24)26-5-3-4-15-38-26/h6-13,17,19,26,39H,3-5,14-16,18H2,1-2H3,(H,32,33,36)/t19-,26?/m1/s1. The highest BCUT2D eigenvalue weighted by molar-refractivity contribution is 7.99. The third kappa shape index (κ3) is 5.19. The summed E-state index contributed by atoms with van der Waals surface area (Å²) in [6, 6.07) is 11.7. The summed E-state index contributed by atoms with van der Waals surface area (Å²) < 4.78 is 43.6. The summed E-state index contributed by atoms with van der Waals surface area (Å²) in [7, 11) is -2.99. The van der Waals surface area contributed by atoms with Gasteiger partial charge in [0.25, 0.3) is 0 Å². The molecule has 0 bridgehead atoms. The Morgan fingerprint density at radius 1 is 1.10 bits per heavy atom. The van der Waals surface area contributed by atoms with Gasteiger partial charge in [-0.15, -0.1) is 0 Å². The lowest BCUT2D eigenvalue weighted by molar-refractivity contribution is -0.0383. The van der Waals surface area contributed by atoms with Gasteiger partial charge < -0.3 is 18.9 Å². The first-order valence-corrected chi connectivity index (χ1v) is 15.4. The van der Waals surface area contributed by atoms with E-state index in [-0.39, 0.29) is 18.1 Å². The van der Waals surface area contributed by atoms with Crippen molar-refractivity contribution >= 4 is 32.5 Å². The van der Waals surface area contributed by atoms with Crippen molar-refractivity contribution in [2.24, 2.45) is 4.36 Å². The number of halogens is 1. The van der Waals surface area contributed by atoms with Crippen LogP contribution in [0.2, 0.25) is 0 Å². The van der Waals surface area contributed by atoms with Gasteiger partial charge in [-0.05, 0) is 68.8 Å². The number of morpholine rings is 1. The largest absolute Gasteiger partial charge is 0.377 e. The molecule has 1 unspecified atom stereocenters. The number of hydrogen-bond donors (Lipinski definition) is 2. The van der Waals surface area contributed by atoms with Gasteiger partial charge in [0.15, 0.2) is 6.23 Å². The Morgan fingerprint density at radius 2 is 1.95 bits per heavy atom. The van der Waals surface area contributed by atoms with E-state index in [1.807, 2.05) is 22.9 Å². The Hall–Kier alpha value is -3.25. The Labute approximate surface area is 227 Å². The topological polar surface area (TPSA) is 97.9 Å². The van der Waals surface area contributed by atoms with Crippen LogP contribution in [0.15, 0.2) is 64.1 Å². The molecule has 2 atom stereocenters. The Bertz CT molecular complexity index is 1530. The van der Waals surface area contributed by atoms with Gasteiger partial charge in [0.1, 0.15) is 22.8 Å². The zero-order chi connectivity index (χ0) is 27.0. The lowest BCUT2D eigenvalue weighted by Gasteiger charge is -2.34. The molecule has 0 spiro atoms. The molecule has 6 rings (SSSR count). The summed E-state index contributed by atoms with van der Waals surface area (Å²) in [6.07, 6.45) is 8.06. The number of fused-ring (bicyclic) bond motifs is 1. The molecule has 39 heavy (non-hydrogen) atoms. The molecule has 0 saturated carbocycles. The van der Waals surface area contributed by atoms with Crippen LogP contribution in [0.3, 0.4) is 0 Å². The number of rotatable bonds is 5. The molecule has 11 heteroatoms. The van der Waals surface area contributed by atoms with E-state index in [0.717, 1.165) is 36.2 Å². The Kier molecular flexibility index (Phi) is 7.15. The molecule has 9 nitrogen and oxygen atoms in total. The highest BCUT2D eigenvalue weighted by Crippen LogP contribution is 2.38. The number of benzene rings is 1. The van der Waals surface area contributed by atoms with Gasteiger partial charge in [-0.1, -0.05) is 10.1 Å². The minimum atomic E-state index is -2.99. The number of anilines is 1. The van der Waals surface area contributed by atoms with Crippen molar-refractivity contribution in [2.45, 2.75) is 43.4 Å². The second kappa shape index (κ2) is 10.7. The van der Waals surface area contributed by atoms with Crippen molar-refractivity contribution in [3.8, 4) is 11.4 Å². The first kappa shape index (κ1) is 26.0. The maximum atomic E-state index is 13.6. The first-order chi connectivity index (χ1) is 18.9. The van der Waals surface area contributed by atoms with E-state index in [9.17, 15) is 8.94 Å². The quantitative estimate of drug-likeness (QED) is 0.319. The fraction of sp³-hybridized carbons (Fsp3) is 0.393. The number of ether oxygens (including phenoxy) is 2. The van der Waals surface area contributed by atoms with Gasteiger partial charge >= 0.3 is 0 Å². The fourth-order valence-corrected chi connectivity index (χ4v) is 6.66. The average Bonchev–Trinajstić information content (AvgIpc) is 3.43. The monoisotopic (exact) mass is 552 g/mol. The van der Waals surface area contributed by atoms with Gasteiger partial charge in [0, 0.05) is 41.9 Å². The lowest BCUT2D eigenvalue weighted by atomic mass is 10.1. The predicted molar refractivity (Wildman–Crippen MR) is 151 cm³/mol. The van der Waals surface area contributed by atoms with Gasteiger partial charge in [0.05, 0.1) is 30.6 Å². The maximum absolute atomic E-state index is 13.6. The minimum Gasteiger partial charge on any atom is -0.377 e. The van der Waals surface area contributed by atoms with Crippen LogP contribution in [0.1, 0.15) is 32.4 Å². The summed E-state index contributed by atoms with van der Waals surface area (Å²) in [4.78, 5) is 12.7. The minimum absolute atomic E-state index is 0.116. The van der Waals surface area contributed by atoms with Crippen LogP contribution < -0.4 is 4.90 Å². The molecular weight excluding hydrogens is 519 g/mol. The molecule has 2 aliphatic heterocycles. The van der Waals surface area contributed by atoms with Crippen LogP contribution in [0, 0.1) is 5.82 Å². The SMILES string of the molecule is C[C@@H]1COCCN1c1cc(N=[SH](C)(O)c2ccc(F)cc2)c2ccnc(-c3ccnn3C3CCCCO3)c2n1. The molecule has 3 aromatic heterocycles. The molecule has 1 aromatic carbocycles. The number of hydrogen-bond acceptors (Lipinski definition) is 7. The van der Waals surface area contributed by atoms with Gasteiger partial charge in [-0.2, -0.15) is 5.10 Å². The number of pyridine rings is 2. The summed E-state index contributed by atoms with van der Waals surface area (Å²) >= 11 is 0. The highest BCUT2D eigenvalue weighted by atomic mass is 32.3. The predicted octanol–water partition coefficient (Wildman–Crippen LogP) is 5.42. The molecule has 2 fully saturated rings. The number of aromatic nitrogens is 4. The average molecular weight is 553 g/mol. The first-order valence-electron chi connectivity index (χ1n) is 13.3. The van der Waals surface area contributed by atoms with E-state index in [4.69, 9.17) is 23.8 Å². The zero-order valence-electron chi connectivity index (χ0n) is 22.1. The van der Waals surface area contributed by atoms with E-state index in [1.165, 1.54) is 12.1 Å². The third-order valence-corrected chi connectivity index (χ3v) is 9.20. The fourth-order valence-electron chi connectivity index (χ4n) is 5.24. The highest BCUT2D eigenvalue weighted by Gasteiger charge is 2.25. The molecule has 206 valence electrons. The van der Waals surface area contributed by atoms with Crippen LogP contribution in [-0.2, 0) is 19.6 Å². The number of thiol groups is 1. The normalized spacial score (nSPS) is 20.8. The van der Waals surface area contributed by atoms with Crippen LogP contribution in [0.4, 0.5) is 15.9 Å². The van der Waals surface area contributed by atoms with Crippen LogP contribution in [0.25, 0.3) is 22.3 Å². The summed E-state index contributed by atoms with van der Waals surface area (Å²) in [5.41, 5.74) is 2.78. The van der Waals surface area contributed by atoms with Crippen LogP contribution in [0.5, 0.6) is 0 Å². The summed E-state index contributed by atoms with van der Waals surface area (Å²) in [5.74, 6) is 0.386. The second-order valence-corrected chi connectivity index (χ2v) is 12.7. The Balaban J connectivity index is 1.55. The molecule has 0 radical (unpaired) electrons. The van der Waals surface area contributed by atoms with E-state index in [0.29, 0.717) is 48.2 Å². The van der Waals surface area contributed by atoms with Gasteiger partial charge in [-0.25, -0.2) is 18.4 Å². The van der Waals surface area contributed by atoms with E-state index < -0.39 is 10.1 Å². The molecule has 2 aliphatic rings. The molecular formula is C28H33FN6O3S. The lowest BCUT2D eigenvalue weighted by Crippen LogP contribution is -2.44. The van der Waals surface area contributed by atoms with E-state index in [1.54, 1.807) is 30.8 Å². The van der Waals surface area contributed by atoms with Gasteiger partial charge in [-0.3, -0.25) is 4.98 Å². The van der Waals surface area contributed by atoms with Gasteiger partial charge in [0.2, 0.25) is 0 Å². The van der Waals surface area contributed by atoms with Crippen LogP contribution >= 0.6 is 0 Å². The Morgan fingerprint density at radius 3 is 2.72 bits per heavy atom. The molecule has 4 aromatic rings. The summed E-state index contributed by atoms with van der Waals surface area (Å²) in [6.45, 7) is 4.69. The molecule has 0 amide bonds. The van der Waals surface area contributed by atoms with Crippen molar-refractivity contribution in [2.75, 3.05) is 37.5 Å². The molecule has 1 N–H and O–H groups in total. The smallest absolute Gasteiger partial charge is 0.150 e. The van der Waals surface area contributed by atoms with Crippen LogP contribution in [-0.4, -0.2) is 63.0 Å². The molecule has 0 aliphatic carbocycles. The zero-order valence-corrected chi connectivity index (χ0v) is 23.0. The van der Waals surface area contributed by atoms with Crippen molar-refractivity contribution < 1.29 is 18.4 Å². The van der Waals surface area contributed by atoms with Crippen molar-refractivity contribution in [1.82, 2.24) is 19.7 Å². The summed E-state index contributed by atoms with van der Waals surface area (Å²) in [5, 5.41) is 5.35. The van der Waals surface area contributed by atoms with Crippen molar-refractivity contribution in [3.63, 3.8) is 0 Å². The van der Waals surface area contributed by atoms with E-state index >= 15 is 0 Å².